The van der Waals surface area contributed by atoms with Gasteiger partial charge >= 0.3 is 5.97 Å². The van der Waals surface area contributed by atoms with Crippen LogP contribution in [0.1, 0.15) is 10.4 Å². The van der Waals surface area contributed by atoms with Gasteiger partial charge in [0.05, 0.1) is 10.6 Å². The minimum atomic E-state index is -4.01. The Kier molecular flexibility index (Phi) is 4.01. The van der Waals surface area contributed by atoms with Crippen LogP contribution in [0.15, 0.2) is 41.4 Å². The highest BCUT2D eigenvalue weighted by Gasteiger charge is 2.19. The summed E-state index contributed by atoms with van der Waals surface area (Å²) in [5, 5.41) is 18.4. The lowest BCUT2D eigenvalue weighted by atomic mass is 10.2. The predicted molar refractivity (Wildman–Crippen MR) is 75.1 cm³/mol. The average molecular weight is 329 g/mol. The monoisotopic (exact) mass is 328 g/mol. The summed E-state index contributed by atoms with van der Waals surface area (Å²) in [6.45, 7) is 0. The zero-order chi connectivity index (χ0) is 15.6. The molecule has 2 rings (SSSR count). The van der Waals surface area contributed by atoms with Gasteiger partial charge < -0.3 is 10.2 Å². The molecule has 0 saturated carbocycles. The summed E-state index contributed by atoms with van der Waals surface area (Å²) in [6, 6.07) is 5.65. The number of sulfonamides is 1. The molecule has 1 heterocycles. The van der Waals surface area contributed by atoms with Gasteiger partial charge in [0.2, 0.25) is 0 Å². The van der Waals surface area contributed by atoms with E-state index in [0.29, 0.717) is 0 Å². The molecule has 0 atom stereocenters. The maximum atomic E-state index is 12.1. The lowest BCUT2D eigenvalue weighted by Gasteiger charge is -2.09. The van der Waals surface area contributed by atoms with Crippen LogP contribution in [0.3, 0.4) is 0 Å². The van der Waals surface area contributed by atoms with Crippen LogP contribution in [-0.4, -0.2) is 29.6 Å². The Balaban J connectivity index is 2.40. The van der Waals surface area contributed by atoms with Crippen LogP contribution in [0.5, 0.6) is 5.75 Å². The van der Waals surface area contributed by atoms with E-state index in [0.717, 1.165) is 18.2 Å². The molecule has 0 spiro atoms. The van der Waals surface area contributed by atoms with Gasteiger partial charge in [0.1, 0.15) is 16.5 Å². The van der Waals surface area contributed by atoms with Crippen LogP contribution >= 0.6 is 11.6 Å². The Bertz CT molecular complexity index is 807. The molecule has 0 aliphatic rings. The van der Waals surface area contributed by atoms with Gasteiger partial charge in [0.25, 0.3) is 10.0 Å². The molecule has 0 radical (unpaired) electrons. The first kappa shape index (κ1) is 15.1. The quantitative estimate of drug-likeness (QED) is 0.738. The largest absolute Gasteiger partial charge is 0.507 e. The second-order valence-corrected chi connectivity index (χ2v) is 6.03. The Hall–Kier alpha value is -2.32. The van der Waals surface area contributed by atoms with Crippen molar-refractivity contribution in [2.45, 2.75) is 4.90 Å². The second-order valence-electron chi connectivity index (χ2n) is 3.96. The highest BCUT2D eigenvalue weighted by molar-refractivity contribution is 7.92. The Labute approximate surface area is 124 Å². The van der Waals surface area contributed by atoms with Crippen molar-refractivity contribution < 1.29 is 23.4 Å². The SMILES string of the molecule is O=C(O)c1cc(S(=O)(=O)Nc2ccnc(Cl)c2)ccc1O. The van der Waals surface area contributed by atoms with Gasteiger partial charge in [-0.3, -0.25) is 4.72 Å². The van der Waals surface area contributed by atoms with Gasteiger partial charge in [-0.25, -0.2) is 18.2 Å². The molecule has 110 valence electrons. The maximum absolute atomic E-state index is 12.1. The van der Waals surface area contributed by atoms with Crippen LogP contribution in [0.25, 0.3) is 0 Å². The third kappa shape index (κ3) is 3.41. The molecule has 0 aliphatic heterocycles. The van der Waals surface area contributed by atoms with Gasteiger partial charge in [-0.2, -0.15) is 0 Å². The third-order valence-electron chi connectivity index (χ3n) is 2.49. The number of anilines is 1. The number of nitrogens with one attached hydrogen (secondary N) is 1. The standard InChI is InChI=1S/C12H9ClN2O5S/c13-11-5-7(3-4-14-11)15-21(19,20)8-1-2-10(16)9(6-8)12(17)18/h1-6,16H,(H,14,15)(H,17,18). The highest BCUT2D eigenvalue weighted by atomic mass is 35.5. The topological polar surface area (TPSA) is 117 Å². The number of aromatic nitrogens is 1. The number of benzene rings is 1. The molecule has 2 aromatic rings. The summed E-state index contributed by atoms with van der Waals surface area (Å²) in [5.41, 5.74) is -0.328. The fraction of sp³-hybridized carbons (Fsp3) is 0. The molecule has 1 aromatic carbocycles. The molecule has 21 heavy (non-hydrogen) atoms. The van der Waals surface area contributed by atoms with Crippen LogP contribution in [-0.2, 0) is 10.0 Å². The van der Waals surface area contributed by atoms with E-state index in [4.69, 9.17) is 16.7 Å². The molecule has 0 amide bonds. The van der Waals surface area contributed by atoms with Crippen molar-refractivity contribution in [3.8, 4) is 5.75 Å². The van der Waals surface area contributed by atoms with E-state index < -0.39 is 27.3 Å². The van der Waals surface area contributed by atoms with Gasteiger partial charge in [-0.15, -0.1) is 0 Å². The number of aromatic hydroxyl groups is 1. The number of phenols is 1. The lowest BCUT2D eigenvalue weighted by Crippen LogP contribution is -2.14. The van der Waals surface area contributed by atoms with Crippen molar-refractivity contribution in [3.05, 3.63) is 47.2 Å². The first-order valence-electron chi connectivity index (χ1n) is 5.50. The van der Waals surface area contributed by atoms with E-state index in [1.807, 2.05) is 0 Å². The van der Waals surface area contributed by atoms with Crippen LogP contribution in [0, 0.1) is 0 Å². The number of hydrogen-bond acceptors (Lipinski definition) is 5. The smallest absolute Gasteiger partial charge is 0.339 e. The zero-order valence-electron chi connectivity index (χ0n) is 10.3. The maximum Gasteiger partial charge on any atom is 0.339 e. The minimum Gasteiger partial charge on any atom is -0.507 e. The molecule has 0 fully saturated rings. The van der Waals surface area contributed by atoms with Gasteiger partial charge in [-0.1, -0.05) is 11.6 Å². The number of pyridine rings is 1. The zero-order valence-corrected chi connectivity index (χ0v) is 11.9. The molecule has 0 aliphatic carbocycles. The first-order valence-corrected chi connectivity index (χ1v) is 7.36. The Morgan fingerprint density at radius 2 is 1.95 bits per heavy atom. The van der Waals surface area contributed by atoms with E-state index in [1.165, 1.54) is 18.3 Å². The molecule has 7 nitrogen and oxygen atoms in total. The molecular formula is C12H9ClN2O5S. The van der Waals surface area contributed by atoms with Gasteiger partial charge in [0, 0.05) is 6.20 Å². The van der Waals surface area contributed by atoms with E-state index in [-0.39, 0.29) is 15.7 Å². The molecule has 0 saturated heterocycles. The summed E-state index contributed by atoms with van der Waals surface area (Å²) < 4.78 is 26.5. The summed E-state index contributed by atoms with van der Waals surface area (Å²) >= 11 is 5.65. The fourth-order valence-electron chi connectivity index (χ4n) is 1.53. The van der Waals surface area contributed by atoms with Crippen LogP contribution in [0.2, 0.25) is 5.15 Å². The number of nitrogens with zero attached hydrogens (tertiary/aromatic N) is 1. The minimum absolute atomic E-state index is 0.104. The van der Waals surface area contributed by atoms with Crippen LogP contribution in [0.4, 0.5) is 5.69 Å². The van der Waals surface area contributed by atoms with E-state index >= 15 is 0 Å². The number of halogens is 1. The molecule has 1 aromatic heterocycles. The van der Waals surface area contributed by atoms with Crippen molar-refractivity contribution in [1.82, 2.24) is 4.98 Å². The van der Waals surface area contributed by atoms with Crippen molar-refractivity contribution in [2.75, 3.05) is 4.72 Å². The Morgan fingerprint density at radius 3 is 2.57 bits per heavy atom. The van der Waals surface area contributed by atoms with Crippen molar-refractivity contribution in [1.29, 1.82) is 0 Å². The van der Waals surface area contributed by atoms with Crippen molar-refractivity contribution >= 4 is 33.3 Å². The summed E-state index contributed by atoms with van der Waals surface area (Å²) in [6.07, 6.45) is 1.32. The van der Waals surface area contributed by atoms with Gasteiger partial charge in [0.15, 0.2) is 0 Å². The number of hydrogen-bond donors (Lipinski definition) is 3. The number of carbonyl (C=O) groups is 1. The van der Waals surface area contributed by atoms with E-state index in [9.17, 15) is 18.3 Å². The molecular weight excluding hydrogens is 320 g/mol. The normalized spacial score (nSPS) is 11.1. The first-order chi connectivity index (χ1) is 9.79. The Morgan fingerprint density at radius 1 is 1.24 bits per heavy atom. The number of carboxylic acids is 1. The molecule has 9 heteroatoms. The van der Waals surface area contributed by atoms with Crippen LogP contribution < -0.4 is 4.72 Å². The number of carboxylic acid groups (broad SMARTS) is 1. The second kappa shape index (κ2) is 5.58. The summed E-state index contributed by atoms with van der Waals surface area (Å²) in [7, 11) is -4.01. The highest BCUT2D eigenvalue weighted by Crippen LogP contribution is 2.23. The molecule has 3 N–H and O–H groups in total. The molecule has 0 bridgehead atoms. The van der Waals surface area contributed by atoms with Crippen molar-refractivity contribution in [3.63, 3.8) is 0 Å². The third-order valence-corrected chi connectivity index (χ3v) is 4.07. The van der Waals surface area contributed by atoms with Crippen molar-refractivity contribution in [2.24, 2.45) is 0 Å². The van der Waals surface area contributed by atoms with Gasteiger partial charge in [-0.05, 0) is 30.3 Å². The summed E-state index contributed by atoms with van der Waals surface area (Å²) in [5.74, 6) is -1.95. The van der Waals surface area contributed by atoms with E-state index in [2.05, 4.69) is 9.71 Å². The van der Waals surface area contributed by atoms with E-state index in [1.54, 1.807) is 0 Å². The molecule has 0 unspecified atom stereocenters. The summed E-state index contributed by atoms with van der Waals surface area (Å²) in [4.78, 5) is 14.3. The lowest BCUT2D eigenvalue weighted by molar-refractivity contribution is 0.0693. The average Bonchev–Trinajstić information content (AvgIpc) is 2.38. The fourth-order valence-corrected chi connectivity index (χ4v) is 2.78. The number of rotatable bonds is 4. The number of aromatic carboxylic acids is 1. The predicted octanol–water partition coefficient (Wildman–Crippen LogP) is 1.94.